The SMILES string of the molecule is CCCCC(C)C(O)c1ccc(O)c(O)c1. The topological polar surface area (TPSA) is 60.7 Å². The van der Waals surface area contributed by atoms with Crippen LogP contribution in [0.3, 0.4) is 0 Å². The summed E-state index contributed by atoms with van der Waals surface area (Å²) in [4.78, 5) is 0. The number of hydrogen-bond acceptors (Lipinski definition) is 3. The molecule has 0 radical (unpaired) electrons. The standard InChI is InChI=1S/C13H20O3/c1-3-4-5-9(2)13(16)10-6-7-11(14)12(15)8-10/h6-9,13-16H,3-5H2,1-2H3. The summed E-state index contributed by atoms with van der Waals surface area (Å²) in [5, 5.41) is 28.6. The predicted molar refractivity (Wildman–Crippen MR) is 63.4 cm³/mol. The third kappa shape index (κ3) is 3.14. The summed E-state index contributed by atoms with van der Waals surface area (Å²) in [7, 11) is 0. The van der Waals surface area contributed by atoms with Crippen LogP contribution >= 0.6 is 0 Å². The number of unbranched alkanes of at least 4 members (excludes halogenated alkanes) is 1. The second-order valence-electron chi connectivity index (χ2n) is 4.31. The number of rotatable bonds is 5. The van der Waals surface area contributed by atoms with Gasteiger partial charge in [-0.05, 0) is 30.0 Å². The van der Waals surface area contributed by atoms with Crippen LogP contribution in [0.25, 0.3) is 0 Å². The van der Waals surface area contributed by atoms with Gasteiger partial charge in [0.1, 0.15) is 0 Å². The van der Waals surface area contributed by atoms with E-state index in [0.29, 0.717) is 5.56 Å². The van der Waals surface area contributed by atoms with Crippen LogP contribution in [0.1, 0.15) is 44.8 Å². The van der Waals surface area contributed by atoms with Crippen molar-refractivity contribution in [2.24, 2.45) is 5.92 Å². The summed E-state index contributed by atoms with van der Waals surface area (Å²) in [5.41, 5.74) is 0.652. The molecule has 0 aliphatic heterocycles. The largest absolute Gasteiger partial charge is 0.504 e. The van der Waals surface area contributed by atoms with Gasteiger partial charge in [-0.2, -0.15) is 0 Å². The molecule has 0 saturated heterocycles. The molecule has 3 N–H and O–H groups in total. The maximum absolute atomic E-state index is 10.0. The molecule has 2 unspecified atom stereocenters. The van der Waals surface area contributed by atoms with Gasteiger partial charge >= 0.3 is 0 Å². The minimum Gasteiger partial charge on any atom is -0.504 e. The van der Waals surface area contributed by atoms with E-state index in [-0.39, 0.29) is 17.4 Å². The molecule has 2 atom stereocenters. The van der Waals surface area contributed by atoms with Gasteiger partial charge in [-0.3, -0.25) is 0 Å². The van der Waals surface area contributed by atoms with Crippen LogP contribution in [0.15, 0.2) is 18.2 Å². The van der Waals surface area contributed by atoms with Crippen LogP contribution in [0, 0.1) is 5.92 Å². The first-order chi connectivity index (χ1) is 7.56. The molecule has 0 amide bonds. The second-order valence-corrected chi connectivity index (χ2v) is 4.31. The van der Waals surface area contributed by atoms with Gasteiger partial charge in [0.15, 0.2) is 11.5 Å². The zero-order valence-corrected chi connectivity index (χ0v) is 9.85. The summed E-state index contributed by atoms with van der Waals surface area (Å²) in [6.45, 7) is 4.11. The Labute approximate surface area is 96.4 Å². The van der Waals surface area contributed by atoms with Gasteiger partial charge in [0, 0.05) is 0 Å². The summed E-state index contributed by atoms with van der Waals surface area (Å²) in [5.74, 6) is -0.180. The Morgan fingerprint density at radius 1 is 1.19 bits per heavy atom. The number of hydrogen-bond donors (Lipinski definition) is 3. The molecule has 3 nitrogen and oxygen atoms in total. The highest BCUT2D eigenvalue weighted by Crippen LogP contribution is 2.32. The van der Waals surface area contributed by atoms with E-state index in [1.165, 1.54) is 12.1 Å². The lowest BCUT2D eigenvalue weighted by atomic mass is 9.93. The maximum atomic E-state index is 10.0. The number of aliphatic hydroxyl groups is 1. The van der Waals surface area contributed by atoms with Crippen molar-refractivity contribution in [2.75, 3.05) is 0 Å². The number of aromatic hydroxyl groups is 2. The molecule has 0 aliphatic carbocycles. The first-order valence-electron chi connectivity index (χ1n) is 5.76. The van der Waals surface area contributed by atoms with Gasteiger partial charge in [-0.15, -0.1) is 0 Å². The summed E-state index contributed by atoms with van der Waals surface area (Å²) < 4.78 is 0. The Kier molecular flexibility index (Phi) is 4.62. The molecular formula is C13H20O3. The maximum Gasteiger partial charge on any atom is 0.157 e. The molecule has 0 spiro atoms. The Bertz CT molecular complexity index is 336. The van der Waals surface area contributed by atoms with Crippen molar-refractivity contribution in [3.05, 3.63) is 23.8 Å². The Hall–Kier alpha value is -1.22. The number of phenolic OH excluding ortho intramolecular Hbond substituents is 2. The van der Waals surface area contributed by atoms with Crippen LogP contribution in [0.2, 0.25) is 0 Å². The average Bonchev–Trinajstić information content (AvgIpc) is 2.28. The van der Waals surface area contributed by atoms with Crippen molar-refractivity contribution in [1.82, 2.24) is 0 Å². The van der Waals surface area contributed by atoms with E-state index >= 15 is 0 Å². The van der Waals surface area contributed by atoms with Crippen LogP contribution in [0.4, 0.5) is 0 Å². The molecule has 0 aromatic heterocycles. The minimum absolute atomic E-state index is 0.155. The van der Waals surface area contributed by atoms with Crippen molar-refractivity contribution >= 4 is 0 Å². The van der Waals surface area contributed by atoms with E-state index in [1.807, 2.05) is 6.92 Å². The monoisotopic (exact) mass is 224 g/mol. The fourth-order valence-corrected chi connectivity index (χ4v) is 1.74. The van der Waals surface area contributed by atoms with E-state index < -0.39 is 6.10 Å². The van der Waals surface area contributed by atoms with Gasteiger partial charge in [0.05, 0.1) is 6.10 Å². The van der Waals surface area contributed by atoms with Crippen molar-refractivity contribution in [3.63, 3.8) is 0 Å². The lowest BCUT2D eigenvalue weighted by Gasteiger charge is -2.19. The fourth-order valence-electron chi connectivity index (χ4n) is 1.74. The van der Waals surface area contributed by atoms with Gasteiger partial charge in [-0.1, -0.05) is 32.8 Å². The van der Waals surface area contributed by atoms with Crippen LogP contribution in [0.5, 0.6) is 11.5 Å². The highest BCUT2D eigenvalue weighted by Gasteiger charge is 2.16. The molecule has 0 bridgehead atoms. The normalized spacial score (nSPS) is 14.7. The highest BCUT2D eigenvalue weighted by atomic mass is 16.3. The van der Waals surface area contributed by atoms with Gasteiger partial charge in [0.25, 0.3) is 0 Å². The molecule has 1 rings (SSSR count). The van der Waals surface area contributed by atoms with Gasteiger partial charge < -0.3 is 15.3 Å². The number of phenols is 2. The first kappa shape index (κ1) is 12.8. The summed E-state index contributed by atoms with van der Waals surface area (Å²) in [6.07, 6.45) is 2.57. The third-order valence-electron chi connectivity index (χ3n) is 2.89. The van der Waals surface area contributed by atoms with Crippen molar-refractivity contribution in [1.29, 1.82) is 0 Å². The molecule has 1 aromatic carbocycles. The molecule has 0 fully saturated rings. The van der Waals surface area contributed by atoms with E-state index in [9.17, 15) is 15.3 Å². The Morgan fingerprint density at radius 2 is 1.88 bits per heavy atom. The second kappa shape index (κ2) is 5.75. The minimum atomic E-state index is -0.585. The fraction of sp³-hybridized carbons (Fsp3) is 0.538. The number of aliphatic hydroxyl groups excluding tert-OH is 1. The van der Waals surface area contributed by atoms with Crippen LogP contribution in [-0.2, 0) is 0 Å². The molecule has 90 valence electrons. The van der Waals surface area contributed by atoms with E-state index in [1.54, 1.807) is 6.07 Å². The van der Waals surface area contributed by atoms with Crippen molar-refractivity contribution < 1.29 is 15.3 Å². The molecule has 0 heterocycles. The predicted octanol–water partition coefficient (Wildman–Crippen LogP) is 2.96. The van der Waals surface area contributed by atoms with Gasteiger partial charge in [-0.25, -0.2) is 0 Å². The zero-order valence-electron chi connectivity index (χ0n) is 9.85. The quantitative estimate of drug-likeness (QED) is 0.674. The zero-order chi connectivity index (χ0) is 12.1. The molecule has 3 heteroatoms. The summed E-state index contributed by atoms with van der Waals surface area (Å²) >= 11 is 0. The molecule has 0 aliphatic rings. The van der Waals surface area contributed by atoms with E-state index in [2.05, 4.69) is 6.92 Å². The highest BCUT2D eigenvalue weighted by molar-refractivity contribution is 5.41. The van der Waals surface area contributed by atoms with Gasteiger partial charge in [0.2, 0.25) is 0 Å². The van der Waals surface area contributed by atoms with Crippen LogP contribution < -0.4 is 0 Å². The first-order valence-corrected chi connectivity index (χ1v) is 5.76. The summed E-state index contributed by atoms with van der Waals surface area (Å²) in [6, 6.07) is 4.46. The third-order valence-corrected chi connectivity index (χ3v) is 2.89. The average molecular weight is 224 g/mol. The smallest absolute Gasteiger partial charge is 0.157 e. The van der Waals surface area contributed by atoms with Crippen LogP contribution in [-0.4, -0.2) is 15.3 Å². The molecule has 1 aromatic rings. The lowest BCUT2D eigenvalue weighted by Crippen LogP contribution is -2.09. The van der Waals surface area contributed by atoms with Crippen molar-refractivity contribution in [3.8, 4) is 11.5 Å². The Balaban J connectivity index is 2.71. The van der Waals surface area contributed by atoms with E-state index in [4.69, 9.17) is 0 Å². The molecular weight excluding hydrogens is 204 g/mol. The molecule has 0 saturated carbocycles. The Morgan fingerprint density at radius 3 is 2.44 bits per heavy atom. The van der Waals surface area contributed by atoms with E-state index in [0.717, 1.165) is 19.3 Å². The molecule has 16 heavy (non-hydrogen) atoms. The number of benzene rings is 1. The lowest BCUT2D eigenvalue weighted by molar-refractivity contribution is 0.111. The van der Waals surface area contributed by atoms with Crippen molar-refractivity contribution in [2.45, 2.75) is 39.2 Å².